The predicted molar refractivity (Wildman–Crippen MR) is 79.0 cm³/mol. The molecule has 0 aliphatic carbocycles. The van der Waals surface area contributed by atoms with Crippen molar-refractivity contribution in [2.24, 2.45) is 13.3 Å². The zero-order valence-electron chi connectivity index (χ0n) is 8.57. The summed E-state index contributed by atoms with van der Waals surface area (Å²) in [4.78, 5) is 0. The Morgan fingerprint density at radius 1 is 1.07 bits per heavy atom. The van der Waals surface area contributed by atoms with Gasteiger partial charge in [0.1, 0.15) is 0 Å². The fourth-order valence-corrected chi connectivity index (χ4v) is 14.3. The standard InChI is InChI=1S/C10H16P4/c1-13-7-3-5-9(13)11-12-10-6-4-8-14(10)2/h3-8,11H,1-2,12H3. The van der Waals surface area contributed by atoms with Crippen molar-refractivity contribution < 1.29 is 0 Å². The van der Waals surface area contributed by atoms with Crippen molar-refractivity contribution in [2.75, 3.05) is 0 Å². The Labute approximate surface area is 91.1 Å². The van der Waals surface area contributed by atoms with E-state index in [1.807, 2.05) is 5.04 Å². The fraction of sp³-hybridized carbons (Fsp3) is 0.200. The van der Waals surface area contributed by atoms with Gasteiger partial charge in [-0.2, -0.15) is 0 Å². The van der Waals surface area contributed by atoms with Gasteiger partial charge in [0.15, 0.2) is 0 Å². The van der Waals surface area contributed by atoms with Crippen molar-refractivity contribution in [3.63, 3.8) is 0 Å². The molecule has 2 aromatic heterocycles. The summed E-state index contributed by atoms with van der Waals surface area (Å²) in [7, 11) is 1.47. The molecule has 2 heterocycles. The van der Waals surface area contributed by atoms with Crippen molar-refractivity contribution in [1.82, 2.24) is 0 Å². The summed E-state index contributed by atoms with van der Waals surface area (Å²) in [6.45, 7) is 4.76. The number of rotatable bonds is 3. The van der Waals surface area contributed by atoms with Crippen LogP contribution in [-0.2, 0) is 13.3 Å². The Hall–Kier alpha value is 0.420. The molecule has 4 heteroatoms. The van der Waals surface area contributed by atoms with Crippen LogP contribution in [0.5, 0.6) is 0 Å². The molecule has 0 N–H and O–H groups in total. The van der Waals surface area contributed by atoms with Gasteiger partial charge in [-0.15, -0.1) is 0 Å². The maximum atomic E-state index is 2.39. The van der Waals surface area contributed by atoms with Crippen molar-refractivity contribution in [3.8, 4) is 0 Å². The van der Waals surface area contributed by atoms with E-state index < -0.39 is 0 Å². The summed E-state index contributed by atoms with van der Waals surface area (Å²) in [6, 6.07) is 9.25. The molecule has 2 aromatic rings. The molecular weight excluding hydrogens is 244 g/mol. The van der Waals surface area contributed by atoms with E-state index >= 15 is 0 Å². The van der Waals surface area contributed by atoms with Crippen LogP contribution in [0.4, 0.5) is 0 Å². The van der Waals surface area contributed by atoms with Crippen LogP contribution in [-0.4, -0.2) is 0 Å². The molecular formula is C10H16P4. The minimum atomic E-state index is 0.0422. The van der Waals surface area contributed by atoms with Gasteiger partial charge in [0.2, 0.25) is 0 Å². The van der Waals surface area contributed by atoms with Gasteiger partial charge in [0, 0.05) is 0 Å². The molecule has 14 heavy (non-hydrogen) atoms. The van der Waals surface area contributed by atoms with E-state index in [0.29, 0.717) is 0 Å². The normalized spacial score (nSPS) is 14.4. The van der Waals surface area contributed by atoms with Gasteiger partial charge >= 0.3 is 90.9 Å². The monoisotopic (exact) mass is 260 g/mol. The summed E-state index contributed by atoms with van der Waals surface area (Å²) in [5.74, 6) is 4.76. The Kier molecular flexibility index (Phi) is 3.87. The van der Waals surface area contributed by atoms with Gasteiger partial charge in [-0.05, 0) is 0 Å². The van der Waals surface area contributed by atoms with E-state index in [9.17, 15) is 0 Å². The first-order valence-electron chi connectivity index (χ1n) is 4.73. The first-order valence-corrected chi connectivity index (χ1v) is 12.5. The molecule has 0 saturated heterocycles. The molecule has 0 nitrogen and oxygen atoms in total. The van der Waals surface area contributed by atoms with Crippen LogP contribution in [0.1, 0.15) is 0 Å². The van der Waals surface area contributed by atoms with Crippen LogP contribution in [0.3, 0.4) is 0 Å². The molecule has 0 fully saturated rings. The molecule has 0 saturated carbocycles. The van der Waals surface area contributed by atoms with Crippen LogP contribution in [0.2, 0.25) is 0 Å². The van der Waals surface area contributed by atoms with Crippen LogP contribution < -0.4 is 10.1 Å². The zero-order valence-corrected chi connectivity index (χ0v) is 12.8. The Bertz CT molecular complexity index is 373. The molecule has 3 atom stereocenters. The molecule has 2 rings (SSSR count). The van der Waals surface area contributed by atoms with Crippen molar-refractivity contribution in [3.05, 3.63) is 35.9 Å². The predicted octanol–water partition coefficient (Wildman–Crippen LogP) is 3.42. The van der Waals surface area contributed by atoms with Gasteiger partial charge < -0.3 is 0 Å². The average Bonchev–Trinajstić information content (AvgIpc) is 2.72. The zero-order chi connectivity index (χ0) is 9.97. The first-order chi connectivity index (χ1) is 6.77. The van der Waals surface area contributed by atoms with Crippen molar-refractivity contribution in [1.29, 1.82) is 0 Å². The molecule has 3 unspecified atom stereocenters. The van der Waals surface area contributed by atoms with Crippen molar-refractivity contribution in [2.45, 2.75) is 0 Å². The van der Waals surface area contributed by atoms with E-state index in [1.54, 1.807) is 5.04 Å². The summed E-state index contributed by atoms with van der Waals surface area (Å²) in [5, 5.41) is 3.57. The van der Waals surface area contributed by atoms with Crippen molar-refractivity contribution >= 4 is 41.7 Å². The van der Waals surface area contributed by atoms with Gasteiger partial charge in [0.25, 0.3) is 0 Å². The topological polar surface area (TPSA) is 0 Å². The van der Waals surface area contributed by atoms with Gasteiger partial charge in [-0.25, -0.2) is 0 Å². The summed E-state index contributed by atoms with van der Waals surface area (Å²) < 4.78 is 0. The quantitative estimate of drug-likeness (QED) is 0.742. The minimum absolute atomic E-state index is 0.0422. The van der Waals surface area contributed by atoms with Crippen LogP contribution in [0.25, 0.3) is 0 Å². The van der Waals surface area contributed by atoms with E-state index in [0.717, 1.165) is 8.27 Å². The third kappa shape index (κ3) is 2.51. The van der Waals surface area contributed by atoms with Gasteiger partial charge in [0.05, 0.1) is 0 Å². The second-order valence-corrected chi connectivity index (χ2v) is 12.7. The molecule has 0 aliphatic heterocycles. The SMILES string of the molecule is Cp1cccc1P[PH3]c1cccp1C. The Morgan fingerprint density at radius 3 is 2.36 bits per heavy atom. The molecule has 0 aliphatic rings. The molecule has 0 amide bonds. The second-order valence-electron chi connectivity index (χ2n) is 3.47. The first kappa shape index (κ1) is 10.9. The molecule has 76 valence electrons. The van der Waals surface area contributed by atoms with Crippen LogP contribution >= 0.6 is 31.6 Å². The van der Waals surface area contributed by atoms with Gasteiger partial charge in [-0.1, -0.05) is 0 Å². The number of hydrogen-bond acceptors (Lipinski definition) is 0. The molecule has 0 aromatic carbocycles. The van der Waals surface area contributed by atoms with Crippen LogP contribution in [0, 0.1) is 0 Å². The van der Waals surface area contributed by atoms with Gasteiger partial charge in [-0.3, -0.25) is 0 Å². The summed E-state index contributed by atoms with van der Waals surface area (Å²) >= 11 is 0. The fourth-order valence-electron chi connectivity index (χ4n) is 1.51. The van der Waals surface area contributed by atoms with E-state index in [2.05, 4.69) is 49.2 Å². The molecule has 0 spiro atoms. The molecule has 0 bridgehead atoms. The third-order valence-corrected chi connectivity index (χ3v) is 15.1. The summed E-state index contributed by atoms with van der Waals surface area (Å²) in [5.41, 5.74) is 0. The number of aryl methyl sites for hydroxylation is 2. The average molecular weight is 260 g/mol. The van der Waals surface area contributed by atoms with E-state index in [4.69, 9.17) is 0 Å². The second kappa shape index (κ2) is 4.96. The maximum absolute atomic E-state index is 2.39. The van der Waals surface area contributed by atoms with E-state index in [1.165, 1.54) is 0 Å². The molecule has 0 radical (unpaired) electrons. The Balaban J connectivity index is 2.02. The van der Waals surface area contributed by atoms with E-state index in [-0.39, 0.29) is 23.3 Å². The number of hydrogen-bond donors (Lipinski definition) is 0. The van der Waals surface area contributed by atoms with Crippen LogP contribution in [0.15, 0.2) is 35.9 Å². The summed E-state index contributed by atoms with van der Waals surface area (Å²) in [6.07, 6.45) is 0. The third-order valence-electron chi connectivity index (χ3n) is 2.45. The Morgan fingerprint density at radius 2 is 1.79 bits per heavy atom.